The standard InChI is InChI=1S/C8H16O.C6H15N/c9-7-6-8-4-2-1-3-5-8;1-4-7(5-2)6-3/h8-9H,1-7H2;4-6H2,1-3H3. The summed E-state index contributed by atoms with van der Waals surface area (Å²) in [5.74, 6) is 0.851. The molecule has 0 atom stereocenters. The molecule has 0 bridgehead atoms. The molecule has 98 valence electrons. The first-order chi connectivity index (χ1) is 7.78. The summed E-state index contributed by atoms with van der Waals surface area (Å²) < 4.78 is 0. The summed E-state index contributed by atoms with van der Waals surface area (Å²) >= 11 is 0. The molecule has 1 fully saturated rings. The molecule has 1 saturated carbocycles. The Morgan fingerprint density at radius 1 is 0.938 bits per heavy atom. The van der Waals surface area contributed by atoms with Crippen molar-refractivity contribution in [2.45, 2.75) is 59.3 Å². The number of rotatable bonds is 5. The lowest BCUT2D eigenvalue weighted by Crippen LogP contribution is -2.21. The van der Waals surface area contributed by atoms with E-state index >= 15 is 0 Å². The second kappa shape index (κ2) is 11.4. The van der Waals surface area contributed by atoms with Crippen LogP contribution < -0.4 is 0 Å². The summed E-state index contributed by atoms with van der Waals surface area (Å²) in [5, 5.41) is 8.62. The molecule has 0 saturated heterocycles. The zero-order valence-corrected chi connectivity index (χ0v) is 11.5. The van der Waals surface area contributed by atoms with Gasteiger partial charge in [-0.25, -0.2) is 0 Å². The highest BCUT2D eigenvalue weighted by Gasteiger charge is 2.11. The molecule has 0 aromatic rings. The van der Waals surface area contributed by atoms with Gasteiger partial charge in [-0.05, 0) is 32.0 Å². The van der Waals surface area contributed by atoms with Crippen molar-refractivity contribution in [2.75, 3.05) is 26.2 Å². The van der Waals surface area contributed by atoms with Crippen LogP contribution in [-0.4, -0.2) is 36.2 Å². The van der Waals surface area contributed by atoms with Crippen LogP contribution in [0.15, 0.2) is 0 Å². The van der Waals surface area contributed by atoms with Crippen LogP contribution in [0.25, 0.3) is 0 Å². The predicted octanol–water partition coefficient (Wildman–Crippen LogP) is 3.30. The Labute approximate surface area is 102 Å². The third kappa shape index (κ3) is 8.12. The average molecular weight is 229 g/mol. The van der Waals surface area contributed by atoms with Gasteiger partial charge in [0.1, 0.15) is 0 Å². The predicted molar refractivity (Wildman–Crippen MR) is 71.7 cm³/mol. The van der Waals surface area contributed by atoms with Gasteiger partial charge in [0.25, 0.3) is 0 Å². The van der Waals surface area contributed by atoms with Crippen molar-refractivity contribution in [1.82, 2.24) is 4.90 Å². The number of aliphatic hydroxyl groups is 1. The second-order valence-electron chi connectivity index (χ2n) is 4.64. The molecule has 2 nitrogen and oxygen atoms in total. The van der Waals surface area contributed by atoms with Gasteiger partial charge in [0.15, 0.2) is 0 Å². The largest absolute Gasteiger partial charge is 0.396 e. The van der Waals surface area contributed by atoms with Crippen LogP contribution in [0.4, 0.5) is 0 Å². The van der Waals surface area contributed by atoms with Crippen LogP contribution in [0.1, 0.15) is 59.3 Å². The van der Waals surface area contributed by atoms with Gasteiger partial charge in [-0.2, -0.15) is 0 Å². The molecule has 0 unspecified atom stereocenters. The fraction of sp³-hybridized carbons (Fsp3) is 1.00. The van der Waals surface area contributed by atoms with Crippen molar-refractivity contribution in [2.24, 2.45) is 5.92 Å². The average Bonchev–Trinajstić information content (AvgIpc) is 2.34. The van der Waals surface area contributed by atoms with Crippen molar-refractivity contribution in [3.63, 3.8) is 0 Å². The van der Waals surface area contributed by atoms with Gasteiger partial charge in [0.2, 0.25) is 0 Å². The van der Waals surface area contributed by atoms with Crippen LogP contribution in [0.2, 0.25) is 0 Å². The first-order valence-electron chi connectivity index (χ1n) is 7.11. The summed E-state index contributed by atoms with van der Waals surface area (Å²) in [6, 6.07) is 0. The quantitative estimate of drug-likeness (QED) is 0.782. The number of nitrogens with zero attached hydrogens (tertiary/aromatic N) is 1. The smallest absolute Gasteiger partial charge is 0.0433 e. The molecule has 1 aliphatic rings. The minimum Gasteiger partial charge on any atom is -0.396 e. The third-order valence-electron chi connectivity index (χ3n) is 3.60. The molecule has 0 amide bonds. The van der Waals surface area contributed by atoms with E-state index < -0.39 is 0 Å². The molecule has 0 spiro atoms. The topological polar surface area (TPSA) is 23.5 Å². The van der Waals surface area contributed by atoms with Gasteiger partial charge in [-0.1, -0.05) is 52.9 Å². The van der Waals surface area contributed by atoms with Crippen LogP contribution in [0.5, 0.6) is 0 Å². The Hall–Kier alpha value is -0.0800. The maximum atomic E-state index is 8.62. The van der Waals surface area contributed by atoms with Gasteiger partial charge in [0.05, 0.1) is 0 Å². The van der Waals surface area contributed by atoms with E-state index in [-0.39, 0.29) is 0 Å². The molecular weight excluding hydrogens is 198 g/mol. The zero-order chi connectivity index (χ0) is 12.2. The van der Waals surface area contributed by atoms with E-state index in [9.17, 15) is 0 Å². The molecule has 0 aliphatic heterocycles. The summed E-state index contributed by atoms with van der Waals surface area (Å²) in [6.45, 7) is 10.5. The third-order valence-corrected chi connectivity index (χ3v) is 3.60. The van der Waals surface area contributed by atoms with Crippen LogP contribution in [-0.2, 0) is 0 Å². The highest BCUT2D eigenvalue weighted by atomic mass is 16.3. The molecule has 2 heteroatoms. The minimum atomic E-state index is 0.394. The Morgan fingerprint density at radius 3 is 1.75 bits per heavy atom. The van der Waals surface area contributed by atoms with Gasteiger partial charge >= 0.3 is 0 Å². The Balaban J connectivity index is 0.000000293. The van der Waals surface area contributed by atoms with E-state index in [1.54, 1.807) is 0 Å². The van der Waals surface area contributed by atoms with Gasteiger partial charge in [0, 0.05) is 6.61 Å². The van der Waals surface area contributed by atoms with Gasteiger partial charge < -0.3 is 10.0 Å². The molecule has 1 aliphatic carbocycles. The van der Waals surface area contributed by atoms with E-state index in [0.29, 0.717) is 6.61 Å². The first kappa shape index (κ1) is 15.9. The molecule has 0 heterocycles. The van der Waals surface area contributed by atoms with E-state index in [2.05, 4.69) is 25.7 Å². The second-order valence-corrected chi connectivity index (χ2v) is 4.64. The van der Waals surface area contributed by atoms with Crippen molar-refractivity contribution >= 4 is 0 Å². The van der Waals surface area contributed by atoms with E-state index in [1.807, 2.05) is 0 Å². The molecule has 0 radical (unpaired) electrons. The molecule has 1 rings (SSSR count). The Bertz CT molecular complexity index is 120. The summed E-state index contributed by atoms with van der Waals surface area (Å²) in [7, 11) is 0. The van der Waals surface area contributed by atoms with Crippen molar-refractivity contribution in [1.29, 1.82) is 0 Å². The lowest BCUT2D eigenvalue weighted by atomic mass is 9.87. The van der Waals surface area contributed by atoms with Crippen molar-refractivity contribution in [3.8, 4) is 0 Å². The lowest BCUT2D eigenvalue weighted by molar-refractivity contribution is 0.230. The maximum Gasteiger partial charge on any atom is 0.0433 e. The Morgan fingerprint density at radius 2 is 1.44 bits per heavy atom. The fourth-order valence-electron chi connectivity index (χ4n) is 2.33. The molecule has 1 N–H and O–H groups in total. The van der Waals surface area contributed by atoms with Crippen LogP contribution >= 0.6 is 0 Å². The van der Waals surface area contributed by atoms with Crippen molar-refractivity contribution in [3.05, 3.63) is 0 Å². The Kier molecular flexibility index (Phi) is 11.3. The highest BCUT2D eigenvalue weighted by molar-refractivity contribution is 4.64. The first-order valence-corrected chi connectivity index (χ1v) is 7.11. The molecular formula is C14H31NO. The normalized spacial score (nSPS) is 17.1. The SMILES string of the molecule is CCN(CC)CC.OCCC1CCCCC1. The maximum absolute atomic E-state index is 8.62. The summed E-state index contributed by atoms with van der Waals surface area (Å²) in [6.07, 6.45) is 7.97. The monoisotopic (exact) mass is 229 g/mol. The summed E-state index contributed by atoms with van der Waals surface area (Å²) in [5.41, 5.74) is 0. The number of hydrogen-bond acceptors (Lipinski definition) is 2. The lowest BCUT2D eigenvalue weighted by Gasteiger charge is -2.19. The number of hydrogen-bond donors (Lipinski definition) is 1. The van der Waals surface area contributed by atoms with Crippen LogP contribution in [0, 0.1) is 5.92 Å². The molecule has 0 aromatic carbocycles. The molecule has 0 aromatic heterocycles. The van der Waals surface area contributed by atoms with E-state index in [0.717, 1.165) is 12.3 Å². The van der Waals surface area contributed by atoms with Crippen LogP contribution in [0.3, 0.4) is 0 Å². The summed E-state index contributed by atoms with van der Waals surface area (Å²) in [4.78, 5) is 2.38. The van der Waals surface area contributed by atoms with Crippen molar-refractivity contribution < 1.29 is 5.11 Å². The van der Waals surface area contributed by atoms with E-state index in [4.69, 9.17) is 5.11 Å². The van der Waals surface area contributed by atoms with E-state index in [1.165, 1.54) is 51.7 Å². The fourth-order valence-corrected chi connectivity index (χ4v) is 2.33. The van der Waals surface area contributed by atoms with Gasteiger partial charge in [-0.15, -0.1) is 0 Å². The highest BCUT2D eigenvalue weighted by Crippen LogP contribution is 2.25. The molecule has 16 heavy (non-hydrogen) atoms. The van der Waals surface area contributed by atoms with Gasteiger partial charge in [-0.3, -0.25) is 0 Å². The number of aliphatic hydroxyl groups excluding tert-OH is 1. The minimum absolute atomic E-state index is 0.394. The zero-order valence-electron chi connectivity index (χ0n) is 11.5.